The summed E-state index contributed by atoms with van der Waals surface area (Å²) in [5.41, 5.74) is 4.50. The number of carbonyl (C=O) groups excluding carboxylic acids is 2. The molecule has 2 aliphatic rings. The van der Waals surface area contributed by atoms with Crippen LogP contribution in [0.5, 0.6) is 11.5 Å². The van der Waals surface area contributed by atoms with Crippen molar-refractivity contribution in [3.05, 3.63) is 70.3 Å². The summed E-state index contributed by atoms with van der Waals surface area (Å²) in [5, 5.41) is 19.3. The van der Waals surface area contributed by atoms with Crippen LogP contribution in [0.1, 0.15) is 60.8 Å². The average Bonchev–Trinajstić information content (AvgIpc) is 3.95. The number of alkyl halides is 2. The van der Waals surface area contributed by atoms with E-state index in [1.807, 2.05) is 0 Å². The van der Waals surface area contributed by atoms with E-state index in [4.69, 9.17) is 26.8 Å². The summed E-state index contributed by atoms with van der Waals surface area (Å²) in [6.45, 7) is -1.30. The number of rotatable bonds is 13. The van der Waals surface area contributed by atoms with Crippen LogP contribution in [0.4, 0.5) is 13.2 Å². The second kappa shape index (κ2) is 12.4. The number of benzene rings is 2. The van der Waals surface area contributed by atoms with Crippen LogP contribution in [-0.4, -0.2) is 50.9 Å². The molecule has 0 spiro atoms. The molecule has 0 bridgehead atoms. The van der Waals surface area contributed by atoms with Crippen molar-refractivity contribution in [3.8, 4) is 22.8 Å². The largest absolute Gasteiger partial charge is 0.491 e. The molecule has 2 amide bonds. The molecule has 0 saturated heterocycles. The first kappa shape index (κ1) is 31.6. The number of hydrogen-bond donors (Lipinski definition) is 3. The van der Waals surface area contributed by atoms with Crippen LogP contribution >= 0.6 is 11.6 Å². The molecule has 0 radical (unpaired) electrons. The maximum Gasteiger partial charge on any atom is 0.333 e. The number of fused-ring (bicyclic) bond motifs is 1. The summed E-state index contributed by atoms with van der Waals surface area (Å²) in [6.07, 6.45) is 3.60. The van der Waals surface area contributed by atoms with Crippen molar-refractivity contribution in [2.45, 2.75) is 57.3 Å². The number of pyridine rings is 1. The van der Waals surface area contributed by atoms with Gasteiger partial charge in [0.15, 0.2) is 0 Å². The first-order valence-corrected chi connectivity index (χ1v) is 15.2. The van der Waals surface area contributed by atoms with Crippen molar-refractivity contribution >= 4 is 34.3 Å². The Morgan fingerprint density at radius 1 is 1.20 bits per heavy atom. The van der Waals surface area contributed by atoms with E-state index >= 15 is 4.39 Å². The van der Waals surface area contributed by atoms with Crippen LogP contribution in [0.3, 0.4) is 0 Å². The molecule has 0 unspecified atom stereocenters. The number of amides is 2. The Labute approximate surface area is 266 Å². The average molecular weight is 658 g/mol. The summed E-state index contributed by atoms with van der Waals surface area (Å²) in [5.74, 6) is -1.94. The Morgan fingerprint density at radius 3 is 2.61 bits per heavy atom. The Kier molecular flexibility index (Phi) is 8.55. The van der Waals surface area contributed by atoms with Crippen LogP contribution in [0.25, 0.3) is 22.2 Å². The van der Waals surface area contributed by atoms with Gasteiger partial charge in [-0.05, 0) is 74.9 Å². The molecule has 1 atom stereocenters. The number of aromatic nitrogens is 3. The zero-order valence-corrected chi connectivity index (χ0v) is 25.5. The molecule has 10 nitrogen and oxygen atoms in total. The number of primary amides is 1. The number of ether oxygens (including phenoxy) is 2. The standard InChI is InChI=1S/C32H31ClF3N5O5/c1-2-45-29-16(12-26(37)42)11-25(39-28(29)22-13-20(33)5-8-23(22)34)32(44,19-3-4-19)15-38-30(43)17-9-18-14-41(31(35)36)40-27(18)24(10-17)46-21-6-7-21/h5,8-11,13-14,19,21,31,44H,2-4,6-7,12,15H2,1H3,(H2,37,42)(H,38,43)/t32-/m1/s1. The normalized spacial score (nSPS) is 16.0. The van der Waals surface area contributed by atoms with Crippen molar-refractivity contribution in [1.29, 1.82) is 0 Å². The highest BCUT2D eigenvalue weighted by atomic mass is 35.5. The van der Waals surface area contributed by atoms with E-state index in [0.717, 1.165) is 19.0 Å². The van der Waals surface area contributed by atoms with Gasteiger partial charge in [-0.15, -0.1) is 0 Å². The Morgan fingerprint density at radius 2 is 1.96 bits per heavy atom. The lowest BCUT2D eigenvalue weighted by molar-refractivity contribution is -0.117. The van der Waals surface area contributed by atoms with Gasteiger partial charge in [-0.3, -0.25) is 9.59 Å². The number of nitrogens with zero attached hydrogens (tertiary/aromatic N) is 3. The van der Waals surface area contributed by atoms with Crippen molar-refractivity contribution in [2.24, 2.45) is 11.7 Å². The van der Waals surface area contributed by atoms with Crippen LogP contribution in [0, 0.1) is 11.7 Å². The first-order valence-electron chi connectivity index (χ1n) is 14.9. The van der Waals surface area contributed by atoms with E-state index in [2.05, 4.69) is 15.4 Å². The van der Waals surface area contributed by atoms with Gasteiger partial charge in [-0.1, -0.05) is 11.6 Å². The molecule has 46 heavy (non-hydrogen) atoms. The first-order chi connectivity index (χ1) is 22.0. The van der Waals surface area contributed by atoms with Crippen LogP contribution in [0.15, 0.2) is 42.6 Å². The summed E-state index contributed by atoms with van der Waals surface area (Å²) in [6, 6.07) is 8.26. The lowest BCUT2D eigenvalue weighted by Gasteiger charge is -2.30. The molecular weight excluding hydrogens is 627 g/mol. The molecule has 242 valence electrons. The van der Waals surface area contributed by atoms with Gasteiger partial charge in [0.2, 0.25) is 5.91 Å². The van der Waals surface area contributed by atoms with Crippen LogP contribution in [-0.2, 0) is 16.8 Å². The number of nitrogens with two attached hydrogens (primary N) is 1. The highest BCUT2D eigenvalue weighted by Gasteiger charge is 2.47. The number of nitrogens with one attached hydrogen (secondary N) is 1. The summed E-state index contributed by atoms with van der Waals surface area (Å²) in [4.78, 5) is 30.2. The van der Waals surface area contributed by atoms with Gasteiger partial charge < -0.3 is 25.6 Å². The van der Waals surface area contributed by atoms with Crippen LogP contribution in [0.2, 0.25) is 5.02 Å². The Balaban J connectivity index is 1.37. The second-order valence-electron chi connectivity index (χ2n) is 11.5. The molecule has 14 heteroatoms. The van der Waals surface area contributed by atoms with E-state index < -0.39 is 29.8 Å². The second-order valence-corrected chi connectivity index (χ2v) is 12.0. The zero-order valence-electron chi connectivity index (χ0n) is 24.7. The van der Waals surface area contributed by atoms with Gasteiger partial charge in [-0.2, -0.15) is 13.9 Å². The number of carbonyl (C=O) groups is 2. The van der Waals surface area contributed by atoms with Gasteiger partial charge in [0, 0.05) is 33.3 Å². The van der Waals surface area contributed by atoms with Gasteiger partial charge in [0.1, 0.15) is 34.1 Å². The maximum atomic E-state index is 15.2. The highest BCUT2D eigenvalue weighted by molar-refractivity contribution is 6.30. The summed E-state index contributed by atoms with van der Waals surface area (Å²) < 4.78 is 54.2. The smallest absolute Gasteiger partial charge is 0.333 e. The van der Waals surface area contributed by atoms with Crippen LogP contribution < -0.4 is 20.5 Å². The third-order valence-corrected chi connectivity index (χ3v) is 8.21. The van der Waals surface area contributed by atoms with E-state index in [1.54, 1.807) is 6.92 Å². The summed E-state index contributed by atoms with van der Waals surface area (Å²) in [7, 11) is 0. The highest BCUT2D eigenvalue weighted by Crippen LogP contribution is 2.47. The topological polar surface area (TPSA) is 142 Å². The molecule has 4 N–H and O–H groups in total. The third kappa shape index (κ3) is 6.47. The number of aliphatic hydroxyl groups is 1. The summed E-state index contributed by atoms with van der Waals surface area (Å²) >= 11 is 6.19. The van der Waals surface area contributed by atoms with E-state index in [0.29, 0.717) is 22.9 Å². The molecule has 0 aliphatic heterocycles. The van der Waals surface area contributed by atoms with E-state index in [1.165, 1.54) is 36.4 Å². The third-order valence-electron chi connectivity index (χ3n) is 7.97. The lowest BCUT2D eigenvalue weighted by Crippen LogP contribution is -2.43. The molecule has 2 aliphatic carbocycles. The molecular formula is C32H31ClF3N5O5. The fourth-order valence-corrected chi connectivity index (χ4v) is 5.60. The van der Waals surface area contributed by atoms with Crippen molar-refractivity contribution < 1.29 is 37.3 Å². The number of halogens is 4. The lowest BCUT2D eigenvalue weighted by atomic mass is 9.90. The van der Waals surface area contributed by atoms with Crippen molar-refractivity contribution in [3.63, 3.8) is 0 Å². The van der Waals surface area contributed by atoms with Crippen molar-refractivity contribution in [2.75, 3.05) is 13.2 Å². The monoisotopic (exact) mass is 657 g/mol. The molecule has 2 saturated carbocycles. The van der Waals surface area contributed by atoms with Gasteiger partial charge in [0.25, 0.3) is 5.91 Å². The quantitative estimate of drug-likeness (QED) is 0.178. The minimum Gasteiger partial charge on any atom is -0.491 e. The predicted octanol–water partition coefficient (Wildman–Crippen LogP) is 5.28. The Bertz CT molecular complexity index is 1830. The molecule has 2 heterocycles. The molecule has 2 aromatic heterocycles. The molecule has 2 aromatic carbocycles. The SMILES string of the molecule is CCOc1c(CC(N)=O)cc([C@@](O)(CNC(=O)c2cc(OC3CC3)c3nn(C(F)F)cc3c2)C2CC2)nc1-c1cc(Cl)ccc1F. The van der Waals surface area contributed by atoms with Crippen molar-refractivity contribution in [1.82, 2.24) is 20.1 Å². The van der Waals surface area contributed by atoms with E-state index in [9.17, 15) is 23.5 Å². The van der Waals surface area contributed by atoms with E-state index in [-0.39, 0.29) is 81.7 Å². The van der Waals surface area contributed by atoms with Gasteiger partial charge >= 0.3 is 6.55 Å². The molecule has 6 rings (SSSR count). The fourth-order valence-electron chi connectivity index (χ4n) is 5.42. The van der Waals surface area contributed by atoms with Gasteiger partial charge in [-0.25, -0.2) is 14.1 Å². The maximum absolute atomic E-state index is 15.2. The molecule has 2 fully saturated rings. The predicted molar refractivity (Wildman–Crippen MR) is 162 cm³/mol. The zero-order chi connectivity index (χ0) is 32.7. The minimum absolute atomic E-state index is 0.00783. The fraction of sp³-hybridized carbons (Fsp3) is 0.375. The molecule has 4 aromatic rings. The minimum atomic E-state index is -2.88. The van der Waals surface area contributed by atoms with Gasteiger partial charge in [0.05, 0.1) is 31.4 Å². The Hall–Kier alpha value is -4.36. The number of hydrogen-bond acceptors (Lipinski definition) is 7.